The number of nitrogens with zero attached hydrogens (tertiary/aromatic N) is 3. The molecular weight excluding hydrogens is 306 g/mol. The third-order valence-corrected chi connectivity index (χ3v) is 4.33. The lowest BCUT2D eigenvalue weighted by molar-refractivity contribution is 0.0744. The molecule has 3 aromatic rings. The number of fused-ring (bicyclic) bond motifs is 1. The van der Waals surface area contributed by atoms with E-state index in [0.29, 0.717) is 26.2 Å². The molecule has 2 aromatic heterocycles. The Morgan fingerprint density at radius 3 is 2.67 bits per heavy atom. The van der Waals surface area contributed by atoms with E-state index in [1.165, 1.54) is 0 Å². The van der Waals surface area contributed by atoms with E-state index >= 15 is 0 Å². The number of nitrogens with one attached hydrogen (secondary N) is 2. The smallest absolute Gasteiger partial charge is 0.261 e. The van der Waals surface area contributed by atoms with Crippen molar-refractivity contribution in [2.24, 2.45) is 0 Å². The maximum Gasteiger partial charge on any atom is 0.261 e. The minimum absolute atomic E-state index is 0.195. The summed E-state index contributed by atoms with van der Waals surface area (Å²) in [6, 6.07) is 9.13. The zero-order valence-corrected chi connectivity index (χ0v) is 13.0. The second-order valence-corrected chi connectivity index (χ2v) is 5.79. The lowest BCUT2D eigenvalue weighted by Crippen LogP contribution is -2.50. The molecule has 0 bridgehead atoms. The van der Waals surface area contributed by atoms with Gasteiger partial charge >= 0.3 is 0 Å². The van der Waals surface area contributed by atoms with Crippen molar-refractivity contribution in [1.29, 1.82) is 0 Å². The summed E-state index contributed by atoms with van der Waals surface area (Å²) < 4.78 is 0. The minimum atomic E-state index is -0.341. The normalized spacial score (nSPS) is 15.0. The topological polar surface area (TPSA) is 85.1 Å². The first-order valence-corrected chi connectivity index (χ1v) is 7.88. The van der Waals surface area contributed by atoms with Crippen molar-refractivity contribution in [1.82, 2.24) is 19.9 Å². The highest BCUT2D eigenvalue weighted by atomic mass is 16.2. The SMILES string of the molecule is O=C(c1cc2ccccc2[nH]c1=O)N1CCN(c2ncc[nH]2)CC1. The van der Waals surface area contributed by atoms with Gasteiger partial charge in [0.15, 0.2) is 0 Å². The first-order chi connectivity index (χ1) is 11.7. The van der Waals surface area contributed by atoms with Crippen molar-refractivity contribution >= 4 is 22.8 Å². The standard InChI is InChI=1S/C17H17N5O2/c23-15-13(11-12-3-1-2-4-14(12)20-15)16(24)21-7-9-22(10-8-21)17-18-5-6-19-17/h1-6,11H,7-10H2,(H,18,19)(H,20,23). The van der Waals surface area contributed by atoms with Crippen LogP contribution in [0, 0.1) is 0 Å². The van der Waals surface area contributed by atoms with E-state index in [9.17, 15) is 9.59 Å². The van der Waals surface area contributed by atoms with Crippen LogP contribution in [0.3, 0.4) is 0 Å². The van der Waals surface area contributed by atoms with Crippen molar-refractivity contribution in [3.63, 3.8) is 0 Å². The number of carbonyl (C=O) groups is 1. The third-order valence-electron chi connectivity index (χ3n) is 4.33. The maximum atomic E-state index is 12.7. The summed E-state index contributed by atoms with van der Waals surface area (Å²) in [5, 5.41) is 0.856. The van der Waals surface area contributed by atoms with Crippen molar-refractivity contribution in [3.8, 4) is 0 Å². The molecule has 0 radical (unpaired) electrons. The molecule has 0 aliphatic carbocycles. The molecule has 1 aromatic carbocycles. The molecule has 7 nitrogen and oxygen atoms in total. The van der Waals surface area contributed by atoms with Gasteiger partial charge < -0.3 is 19.8 Å². The van der Waals surface area contributed by atoms with E-state index in [2.05, 4.69) is 19.9 Å². The summed E-state index contributed by atoms with van der Waals surface area (Å²) in [6.07, 6.45) is 3.49. The fourth-order valence-corrected chi connectivity index (χ4v) is 3.03. The van der Waals surface area contributed by atoms with Gasteiger partial charge in [-0.05, 0) is 17.5 Å². The number of pyridine rings is 1. The first kappa shape index (κ1) is 14.5. The number of aromatic amines is 2. The summed E-state index contributed by atoms with van der Waals surface area (Å²) in [4.78, 5) is 38.9. The second kappa shape index (κ2) is 5.84. The van der Waals surface area contributed by atoms with Gasteiger partial charge in [0.2, 0.25) is 5.95 Å². The Bertz CT molecular complexity index is 924. The number of hydrogen-bond donors (Lipinski definition) is 2. The average Bonchev–Trinajstić information content (AvgIpc) is 3.15. The number of H-pyrrole nitrogens is 2. The Hall–Kier alpha value is -3.09. The van der Waals surface area contributed by atoms with Gasteiger partial charge in [-0.15, -0.1) is 0 Å². The molecule has 1 amide bonds. The highest BCUT2D eigenvalue weighted by Crippen LogP contribution is 2.14. The summed E-state index contributed by atoms with van der Waals surface area (Å²) in [6.45, 7) is 2.49. The molecular formula is C17H17N5O2. The minimum Gasteiger partial charge on any atom is -0.339 e. The van der Waals surface area contributed by atoms with Crippen LogP contribution in [0.5, 0.6) is 0 Å². The molecule has 4 rings (SSSR count). The van der Waals surface area contributed by atoms with Crippen LogP contribution < -0.4 is 10.5 Å². The molecule has 1 aliphatic heterocycles. The highest BCUT2D eigenvalue weighted by molar-refractivity contribution is 5.97. The van der Waals surface area contributed by atoms with Crippen molar-refractivity contribution in [3.05, 3.63) is 58.6 Å². The molecule has 3 heterocycles. The van der Waals surface area contributed by atoms with Gasteiger partial charge in [0.05, 0.1) is 0 Å². The maximum absolute atomic E-state index is 12.7. The van der Waals surface area contributed by atoms with Gasteiger partial charge in [-0.25, -0.2) is 4.98 Å². The summed E-state index contributed by atoms with van der Waals surface area (Å²) >= 11 is 0. The lowest BCUT2D eigenvalue weighted by Gasteiger charge is -2.34. The number of benzene rings is 1. The fraction of sp³-hybridized carbons (Fsp3) is 0.235. The molecule has 24 heavy (non-hydrogen) atoms. The summed E-state index contributed by atoms with van der Waals surface area (Å²) in [5.41, 5.74) is 0.592. The number of imidazole rings is 1. The predicted octanol–water partition coefficient (Wildman–Crippen LogP) is 1.21. The van der Waals surface area contributed by atoms with Gasteiger partial charge in [-0.3, -0.25) is 9.59 Å². The Morgan fingerprint density at radius 1 is 1.12 bits per heavy atom. The summed E-state index contributed by atoms with van der Waals surface area (Å²) in [7, 11) is 0. The summed E-state index contributed by atoms with van der Waals surface area (Å²) in [5.74, 6) is 0.590. The third kappa shape index (κ3) is 2.54. The van der Waals surface area contributed by atoms with Crippen LogP contribution in [0.2, 0.25) is 0 Å². The van der Waals surface area contributed by atoms with Crippen LogP contribution in [0.4, 0.5) is 5.95 Å². The van der Waals surface area contributed by atoms with E-state index in [4.69, 9.17) is 0 Å². The molecule has 122 valence electrons. The number of piperazine rings is 1. The molecule has 0 saturated carbocycles. The Kier molecular flexibility index (Phi) is 3.53. The zero-order chi connectivity index (χ0) is 16.5. The molecule has 2 N–H and O–H groups in total. The van der Waals surface area contributed by atoms with Crippen molar-refractivity contribution < 1.29 is 4.79 Å². The second-order valence-electron chi connectivity index (χ2n) is 5.79. The van der Waals surface area contributed by atoms with Crippen molar-refractivity contribution in [2.45, 2.75) is 0 Å². The van der Waals surface area contributed by atoms with Gasteiger partial charge in [0.1, 0.15) is 5.56 Å². The molecule has 1 fully saturated rings. The lowest BCUT2D eigenvalue weighted by atomic mass is 10.1. The molecule has 0 unspecified atom stereocenters. The zero-order valence-electron chi connectivity index (χ0n) is 13.0. The van der Waals surface area contributed by atoms with Crippen LogP contribution in [0.25, 0.3) is 10.9 Å². The van der Waals surface area contributed by atoms with Crippen LogP contribution in [-0.2, 0) is 0 Å². The number of para-hydroxylation sites is 1. The van der Waals surface area contributed by atoms with Gasteiger partial charge in [-0.2, -0.15) is 0 Å². The Morgan fingerprint density at radius 2 is 1.92 bits per heavy atom. The average molecular weight is 323 g/mol. The first-order valence-electron chi connectivity index (χ1n) is 7.88. The van der Waals surface area contributed by atoms with Gasteiger partial charge in [0, 0.05) is 44.1 Å². The molecule has 7 heteroatoms. The van der Waals surface area contributed by atoms with E-state index in [1.54, 1.807) is 23.4 Å². The van der Waals surface area contributed by atoms with E-state index in [1.807, 2.05) is 24.3 Å². The van der Waals surface area contributed by atoms with Crippen LogP contribution in [0.15, 0.2) is 47.5 Å². The molecule has 1 aliphatic rings. The van der Waals surface area contributed by atoms with E-state index in [-0.39, 0.29) is 17.0 Å². The Balaban J connectivity index is 1.54. The van der Waals surface area contributed by atoms with Crippen LogP contribution >= 0.6 is 0 Å². The predicted molar refractivity (Wildman–Crippen MR) is 91.3 cm³/mol. The van der Waals surface area contributed by atoms with Gasteiger partial charge in [0.25, 0.3) is 11.5 Å². The number of amides is 1. The highest BCUT2D eigenvalue weighted by Gasteiger charge is 2.25. The number of carbonyl (C=O) groups excluding carboxylic acids is 1. The van der Waals surface area contributed by atoms with Crippen molar-refractivity contribution in [2.75, 3.05) is 31.1 Å². The quantitative estimate of drug-likeness (QED) is 0.742. The van der Waals surface area contributed by atoms with Crippen LogP contribution in [-0.4, -0.2) is 51.9 Å². The van der Waals surface area contributed by atoms with Gasteiger partial charge in [-0.1, -0.05) is 18.2 Å². The fourth-order valence-electron chi connectivity index (χ4n) is 3.03. The molecule has 0 atom stereocenters. The number of rotatable bonds is 2. The number of anilines is 1. The molecule has 0 spiro atoms. The molecule has 1 saturated heterocycles. The Labute approximate surface area is 137 Å². The number of aromatic nitrogens is 3. The van der Waals surface area contributed by atoms with E-state index in [0.717, 1.165) is 16.9 Å². The largest absolute Gasteiger partial charge is 0.339 e. The number of hydrogen-bond acceptors (Lipinski definition) is 4. The van der Waals surface area contributed by atoms with Crippen LogP contribution in [0.1, 0.15) is 10.4 Å². The van der Waals surface area contributed by atoms with E-state index < -0.39 is 0 Å². The monoisotopic (exact) mass is 323 g/mol.